The molecule has 1 aromatic rings. The first-order valence-electron chi connectivity index (χ1n) is 4.00. The maximum absolute atomic E-state index is 11.2. The van der Waals surface area contributed by atoms with Gasteiger partial charge in [-0.15, -0.1) is 0 Å². The van der Waals surface area contributed by atoms with Gasteiger partial charge in [0.05, 0.1) is 5.75 Å². The number of hydrogen-bond donors (Lipinski definition) is 1. The van der Waals surface area contributed by atoms with Gasteiger partial charge in [-0.1, -0.05) is 29.8 Å². The Morgan fingerprint density at radius 2 is 2.08 bits per heavy atom. The molecule has 0 aromatic heterocycles. The molecule has 0 atom stereocenters. The van der Waals surface area contributed by atoms with Gasteiger partial charge in [0.25, 0.3) is 0 Å². The van der Waals surface area contributed by atoms with E-state index in [0.29, 0.717) is 0 Å². The first kappa shape index (κ1) is 10.2. The third-order valence-corrected chi connectivity index (χ3v) is 3.09. The van der Waals surface area contributed by atoms with E-state index in [1.165, 1.54) is 7.05 Å². The Kier molecular flexibility index (Phi) is 3.06. The van der Waals surface area contributed by atoms with Crippen LogP contribution in [-0.4, -0.2) is 15.5 Å². The highest BCUT2D eigenvalue weighted by molar-refractivity contribution is 7.88. The van der Waals surface area contributed by atoms with Crippen molar-refractivity contribution >= 4 is 10.0 Å². The zero-order valence-electron chi connectivity index (χ0n) is 7.74. The summed E-state index contributed by atoms with van der Waals surface area (Å²) in [6.07, 6.45) is 0. The predicted molar refractivity (Wildman–Crippen MR) is 52.9 cm³/mol. The smallest absolute Gasteiger partial charge is 0.215 e. The zero-order chi connectivity index (χ0) is 9.90. The third kappa shape index (κ3) is 3.16. The molecule has 4 heteroatoms. The number of rotatable bonds is 3. The summed E-state index contributed by atoms with van der Waals surface area (Å²) < 4.78 is 24.6. The first-order valence-corrected chi connectivity index (χ1v) is 5.65. The molecule has 1 rings (SSSR count). The molecular weight excluding hydrogens is 186 g/mol. The summed E-state index contributed by atoms with van der Waals surface area (Å²) in [5, 5.41) is 0. The fourth-order valence-corrected chi connectivity index (χ4v) is 1.86. The maximum atomic E-state index is 11.2. The molecule has 1 aromatic carbocycles. The lowest BCUT2D eigenvalue weighted by Crippen LogP contribution is -2.20. The fraction of sp³-hybridized carbons (Fsp3) is 0.333. The molecule has 0 aliphatic rings. The highest BCUT2D eigenvalue weighted by atomic mass is 32.2. The Morgan fingerprint density at radius 1 is 1.38 bits per heavy atom. The van der Waals surface area contributed by atoms with Gasteiger partial charge >= 0.3 is 0 Å². The number of benzene rings is 1. The zero-order valence-corrected chi connectivity index (χ0v) is 8.56. The van der Waals surface area contributed by atoms with Gasteiger partial charge < -0.3 is 0 Å². The maximum Gasteiger partial charge on any atom is 0.215 e. The van der Waals surface area contributed by atoms with Gasteiger partial charge in [-0.05, 0) is 19.5 Å². The second-order valence-corrected chi connectivity index (χ2v) is 4.88. The SMILES string of the molecule is CNS(=O)(=O)Cc1cccc(C)c1. The van der Waals surface area contributed by atoms with Crippen LogP contribution in [0.1, 0.15) is 11.1 Å². The van der Waals surface area contributed by atoms with Gasteiger partial charge in [-0.25, -0.2) is 13.1 Å². The van der Waals surface area contributed by atoms with Crippen molar-refractivity contribution in [1.82, 2.24) is 4.72 Å². The van der Waals surface area contributed by atoms with Gasteiger partial charge in [0.1, 0.15) is 0 Å². The van der Waals surface area contributed by atoms with E-state index < -0.39 is 10.0 Å². The van der Waals surface area contributed by atoms with E-state index in [-0.39, 0.29) is 5.75 Å². The van der Waals surface area contributed by atoms with E-state index in [1.54, 1.807) is 0 Å². The van der Waals surface area contributed by atoms with Crippen molar-refractivity contribution in [3.05, 3.63) is 35.4 Å². The van der Waals surface area contributed by atoms with Gasteiger partial charge in [0, 0.05) is 0 Å². The minimum atomic E-state index is -3.14. The van der Waals surface area contributed by atoms with E-state index in [9.17, 15) is 8.42 Å². The molecule has 1 N–H and O–H groups in total. The monoisotopic (exact) mass is 199 g/mol. The van der Waals surface area contributed by atoms with Crippen molar-refractivity contribution in [3.63, 3.8) is 0 Å². The Hall–Kier alpha value is -0.870. The lowest BCUT2D eigenvalue weighted by molar-refractivity contribution is 0.587. The number of aryl methyl sites for hydroxylation is 1. The molecular formula is C9H13NO2S. The van der Waals surface area contributed by atoms with Crippen LogP contribution < -0.4 is 4.72 Å². The molecule has 0 saturated carbocycles. The summed E-state index contributed by atoms with van der Waals surface area (Å²) >= 11 is 0. The first-order chi connectivity index (χ1) is 6.03. The topological polar surface area (TPSA) is 46.2 Å². The van der Waals surface area contributed by atoms with E-state index in [0.717, 1.165) is 11.1 Å². The molecule has 0 saturated heterocycles. The van der Waals surface area contributed by atoms with Crippen LogP contribution in [0.2, 0.25) is 0 Å². The average molecular weight is 199 g/mol. The molecule has 0 amide bonds. The Morgan fingerprint density at radius 3 is 2.62 bits per heavy atom. The number of nitrogens with one attached hydrogen (secondary N) is 1. The van der Waals surface area contributed by atoms with Crippen molar-refractivity contribution in [1.29, 1.82) is 0 Å². The molecule has 0 heterocycles. The highest BCUT2D eigenvalue weighted by Gasteiger charge is 2.07. The van der Waals surface area contributed by atoms with Crippen molar-refractivity contribution < 1.29 is 8.42 Å². The number of hydrogen-bond acceptors (Lipinski definition) is 2. The van der Waals surface area contributed by atoms with Crippen LogP contribution in [0.4, 0.5) is 0 Å². The van der Waals surface area contributed by atoms with E-state index in [2.05, 4.69) is 4.72 Å². The van der Waals surface area contributed by atoms with E-state index >= 15 is 0 Å². The van der Waals surface area contributed by atoms with Gasteiger partial charge in [-0.3, -0.25) is 0 Å². The minimum Gasteiger partial charge on any atom is -0.218 e. The predicted octanol–water partition coefficient (Wildman–Crippen LogP) is 1.04. The lowest BCUT2D eigenvalue weighted by Gasteiger charge is -2.02. The van der Waals surface area contributed by atoms with Crippen LogP contribution >= 0.6 is 0 Å². The van der Waals surface area contributed by atoms with E-state index in [1.807, 2.05) is 31.2 Å². The summed E-state index contributed by atoms with van der Waals surface area (Å²) in [5.74, 6) is 0.0468. The molecule has 72 valence electrons. The second kappa shape index (κ2) is 3.89. The molecule has 0 aliphatic heterocycles. The molecule has 3 nitrogen and oxygen atoms in total. The standard InChI is InChI=1S/C9H13NO2S/c1-8-4-3-5-9(6-8)7-13(11,12)10-2/h3-6,10H,7H2,1-2H3. The van der Waals surface area contributed by atoms with Gasteiger partial charge in [0.2, 0.25) is 10.0 Å². The molecule has 0 fully saturated rings. The molecule has 0 bridgehead atoms. The van der Waals surface area contributed by atoms with Crippen LogP contribution in [-0.2, 0) is 15.8 Å². The molecule has 0 aliphatic carbocycles. The highest BCUT2D eigenvalue weighted by Crippen LogP contribution is 2.06. The minimum absolute atomic E-state index is 0.0468. The lowest BCUT2D eigenvalue weighted by atomic mass is 10.2. The number of sulfonamides is 1. The second-order valence-electron chi connectivity index (χ2n) is 2.95. The molecule has 0 spiro atoms. The van der Waals surface area contributed by atoms with Crippen molar-refractivity contribution in [2.24, 2.45) is 0 Å². The largest absolute Gasteiger partial charge is 0.218 e. The van der Waals surface area contributed by atoms with Gasteiger partial charge in [-0.2, -0.15) is 0 Å². The Labute approximate surface area is 78.8 Å². The van der Waals surface area contributed by atoms with Crippen molar-refractivity contribution in [3.8, 4) is 0 Å². The van der Waals surface area contributed by atoms with Crippen molar-refractivity contribution in [2.45, 2.75) is 12.7 Å². The quantitative estimate of drug-likeness (QED) is 0.790. The Bertz CT molecular complexity index is 384. The summed E-state index contributed by atoms with van der Waals surface area (Å²) in [6.45, 7) is 1.94. The van der Waals surface area contributed by atoms with Crippen LogP contribution in [0.25, 0.3) is 0 Å². The summed E-state index contributed by atoms with van der Waals surface area (Å²) in [7, 11) is -1.72. The van der Waals surface area contributed by atoms with E-state index in [4.69, 9.17) is 0 Å². The van der Waals surface area contributed by atoms with Crippen LogP contribution in [0, 0.1) is 6.92 Å². The van der Waals surface area contributed by atoms with Crippen LogP contribution in [0.3, 0.4) is 0 Å². The summed E-state index contributed by atoms with van der Waals surface area (Å²) in [6, 6.07) is 7.47. The van der Waals surface area contributed by atoms with Crippen LogP contribution in [0.5, 0.6) is 0 Å². The fourth-order valence-electron chi connectivity index (χ4n) is 1.09. The summed E-state index contributed by atoms with van der Waals surface area (Å²) in [5.41, 5.74) is 1.89. The third-order valence-electron chi connectivity index (χ3n) is 1.75. The summed E-state index contributed by atoms with van der Waals surface area (Å²) in [4.78, 5) is 0. The normalized spacial score (nSPS) is 11.5. The Balaban J connectivity index is 2.87. The average Bonchev–Trinajstić information content (AvgIpc) is 2.03. The van der Waals surface area contributed by atoms with Gasteiger partial charge in [0.15, 0.2) is 0 Å². The molecule has 0 radical (unpaired) electrons. The molecule has 0 unspecified atom stereocenters. The van der Waals surface area contributed by atoms with Crippen molar-refractivity contribution in [2.75, 3.05) is 7.05 Å². The van der Waals surface area contributed by atoms with Crippen LogP contribution in [0.15, 0.2) is 24.3 Å². The molecule has 13 heavy (non-hydrogen) atoms.